The maximum absolute atomic E-state index is 11.1. The molecule has 0 saturated carbocycles. The largest absolute Gasteiger partial charge is 0.496 e. The molecule has 0 heterocycles. The normalized spacial score (nSPS) is 9.70. The van der Waals surface area contributed by atoms with Crippen molar-refractivity contribution in [1.29, 1.82) is 0 Å². The lowest BCUT2D eigenvalue weighted by atomic mass is 10.1. The minimum absolute atomic E-state index is 0.267. The van der Waals surface area contributed by atoms with Gasteiger partial charge in [0.25, 0.3) is 0 Å². The van der Waals surface area contributed by atoms with Gasteiger partial charge in [-0.15, -0.1) is 0 Å². The van der Waals surface area contributed by atoms with Crippen molar-refractivity contribution < 1.29 is 24.2 Å². The van der Waals surface area contributed by atoms with Crippen molar-refractivity contribution in [2.45, 2.75) is 6.92 Å². The van der Waals surface area contributed by atoms with E-state index in [1.165, 1.54) is 13.2 Å². The molecular formula is C15H14O5. The molecule has 0 aliphatic rings. The zero-order chi connectivity index (χ0) is 15.0. The molecule has 0 aromatic heterocycles. The van der Waals surface area contributed by atoms with E-state index in [0.29, 0.717) is 16.9 Å². The fraction of sp³-hybridized carbons (Fsp3) is 0.200. The van der Waals surface area contributed by atoms with Crippen LogP contribution in [0.4, 0.5) is 0 Å². The van der Waals surface area contributed by atoms with Gasteiger partial charge in [0.15, 0.2) is 0 Å². The first-order valence-electron chi connectivity index (χ1n) is 5.84. The number of carboxylic acids is 1. The summed E-state index contributed by atoms with van der Waals surface area (Å²) < 4.78 is 9.80. The number of hydrogen-bond donors (Lipinski definition) is 1. The lowest BCUT2D eigenvalue weighted by Crippen LogP contribution is -1.99. The molecule has 0 atom stereocenters. The molecule has 20 heavy (non-hydrogen) atoms. The van der Waals surface area contributed by atoms with E-state index < -0.39 is 11.9 Å². The fourth-order valence-electron chi connectivity index (χ4n) is 1.39. The highest BCUT2D eigenvalue weighted by Gasteiger charge is 2.02. The monoisotopic (exact) mass is 274 g/mol. The van der Waals surface area contributed by atoms with Crippen LogP contribution in [-0.2, 0) is 14.3 Å². The highest BCUT2D eigenvalue weighted by atomic mass is 16.5. The fourth-order valence-corrected chi connectivity index (χ4v) is 1.39. The number of rotatable bonds is 4. The third kappa shape index (κ3) is 4.86. The quantitative estimate of drug-likeness (QED) is 0.514. The molecule has 0 spiro atoms. The molecule has 1 aromatic rings. The molecular weight excluding hydrogens is 260 g/mol. The highest BCUT2D eigenvalue weighted by Crippen LogP contribution is 2.21. The number of aliphatic carboxylic acids is 1. The Hall–Kier alpha value is -2.74. The Morgan fingerprint density at radius 2 is 2.15 bits per heavy atom. The summed E-state index contributed by atoms with van der Waals surface area (Å²) in [5.41, 5.74) is 1.12. The molecule has 0 unspecified atom stereocenters. The van der Waals surface area contributed by atoms with Crippen LogP contribution in [0, 0.1) is 11.8 Å². The third-order valence-electron chi connectivity index (χ3n) is 2.22. The Balaban J connectivity index is 3.03. The van der Waals surface area contributed by atoms with E-state index >= 15 is 0 Å². The van der Waals surface area contributed by atoms with E-state index in [9.17, 15) is 9.59 Å². The number of carbonyl (C=O) groups excluding carboxylic acids is 1. The number of benzene rings is 1. The Morgan fingerprint density at radius 3 is 2.75 bits per heavy atom. The zero-order valence-electron chi connectivity index (χ0n) is 11.2. The van der Waals surface area contributed by atoms with Crippen molar-refractivity contribution in [3.8, 4) is 17.6 Å². The smallest absolute Gasteiger partial charge is 0.384 e. The van der Waals surface area contributed by atoms with Crippen LogP contribution in [0.3, 0.4) is 0 Å². The van der Waals surface area contributed by atoms with Crippen molar-refractivity contribution in [2.75, 3.05) is 13.7 Å². The van der Waals surface area contributed by atoms with Crippen molar-refractivity contribution in [3.05, 3.63) is 35.4 Å². The second-order valence-electron chi connectivity index (χ2n) is 3.60. The van der Waals surface area contributed by atoms with Crippen LogP contribution in [0.25, 0.3) is 6.08 Å². The van der Waals surface area contributed by atoms with Gasteiger partial charge in [-0.05, 0) is 31.2 Å². The SMILES string of the molecule is CCOC(=O)C#Cc1ccc(OC)c(/C=C/C(=O)O)c1. The molecule has 1 aromatic carbocycles. The van der Waals surface area contributed by atoms with E-state index in [1.807, 2.05) is 0 Å². The number of hydrogen-bond acceptors (Lipinski definition) is 4. The predicted octanol–water partition coefficient (Wildman–Crippen LogP) is 1.71. The first kappa shape index (κ1) is 15.3. The second-order valence-corrected chi connectivity index (χ2v) is 3.60. The molecule has 1 rings (SSSR count). The van der Waals surface area contributed by atoms with Crippen LogP contribution in [0.1, 0.15) is 18.1 Å². The molecule has 1 N–H and O–H groups in total. The Labute approximate surface area is 116 Å². The molecule has 5 nitrogen and oxygen atoms in total. The van der Waals surface area contributed by atoms with E-state index in [2.05, 4.69) is 16.6 Å². The summed E-state index contributed by atoms with van der Waals surface area (Å²) in [6.45, 7) is 1.96. The molecule has 5 heteroatoms. The summed E-state index contributed by atoms with van der Waals surface area (Å²) in [4.78, 5) is 21.7. The van der Waals surface area contributed by atoms with Crippen LogP contribution in [0.2, 0.25) is 0 Å². The van der Waals surface area contributed by atoms with Gasteiger partial charge in [-0.3, -0.25) is 0 Å². The van der Waals surface area contributed by atoms with Crippen LogP contribution in [-0.4, -0.2) is 30.8 Å². The maximum atomic E-state index is 11.1. The van der Waals surface area contributed by atoms with Crippen molar-refractivity contribution in [2.24, 2.45) is 0 Å². The lowest BCUT2D eigenvalue weighted by Gasteiger charge is -2.04. The third-order valence-corrected chi connectivity index (χ3v) is 2.22. The highest BCUT2D eigenvalue weighted by molar-refractivity contribution is 5.89. The minimum Gasteiger partial charge on any atom is -0.496 e. The van der Waals surface area contributed by atoms with Crippen molar-refractivity contribution in [1.82, 2.24) is 0 Å². The molecule has 0 bridgehead atoms. The van der Waals surface area contributed by atoms with Gasteiger partial charge in [0.1, 0.15) is 5.75 Å². The number of carbonyl (C=O) groups is 2. The lowest BCUT2D eigenvalue weighted by molar-refractivity contribution is -0.136. The van der Waals surface area contributed by atoms with Gasteiger partial charge >= 0.3 is 11.9 Å². The summed E-state index contributed by atoms with van der Waals surface area (Å²) in [7, 11) is 1.48. The van der Waals surface area contributed by atoms with Gasteiger partial charge in [0, 0.05) is 23.1 Å². The van der Waals surface area contributed by atoms with Crippen LogP contribution in [0.5, 0.6) is 5.75 Å². The average Bonchev–Trinajstić information content (AvgIpc) is 2.43. The van der Waals surface area contributed by atoms with Crippen LogP contribution in [0.15, 0.2) is 24.3 Å². The first-order valence-corrected chi connectivity index (χ1v) is 5.84. The first-order chi connectivity index (χ1) is 9.56. The summed E-state index contributed by atoms with van der Waals surface area (Å²) in [6, 6.07) is 4.95. The second kappa shape index (κ2) is 7.64. The number of ether oxygens (including phenoxy) is 2. The summed E-state index contributed by atoms with van der Waals surface area (Å²) in [6.07, 6.45) is 2.40. The Bertz CT molecular complexity index is 590. The van der Waals surface area contributed by atoms with Gasteiger partial charge < -0.3 is 14.6 Å². The van der Waals surface area contributed by atoms with Crippen LogP contribution < -0.4 is 4.74 Å². The van der Waals surface area contributed by atoms with E-state index in [4.69, 9.17) is 9.84 Å². The van der Waals surface area contributed by atoms with Gasteiger partial charge in [0.05, 0.1) is 13.7 Å². The minimum atomic E-state index is -1.06. The molecule has 0 aliphatic carbocycles. The van der Waals surface area contributed by atoms with Gasteiger partial charge in [-0.2, -0.15) is 0 Å². The summed E-state index contributed by atoms with van der Waals surface area (Å²) in [5.74, 6) is 3.84. The maximum Gasteiger partial charge on any atom is 0.384 e. The molecule has 0 amide bonds. The number of carboxylic acid groups (broad SMARTS) is 1. The predicted molar refractivity (Wildman–Crippen MR) is 73.2 cm³/mol. The van der Waals surface area contributed by atoms with Crippen molar-refractivity contribution in [3.63, 3.8) is 0 Å². The molecule has 104 valence electrons. The summed E-state index contributed by atoms with van der Waals surface area (Å²) in [5, 5.41) is 8.63. The molecule has 0 radical (unpaired) electrons. The topological polar surface area (TPSA) is 72.8 Å². The van der Waals surface area contributed by atoms with E-state index in [-0.39, 0.29) is 6.61 Å². The molecule has 0 aliphatic heterocycles. The van der Waals surface area contributed by atoms with E-state index in [1.54, 1.807) is 25.1 Å². The van der Waals surface area contributed by atoms with E-state index in [0.717, 1.165) is 6.08 Å². The standard InChI is InChI=1S/C15H14O5/c1-3-20-15(18)9-5-11-4-7-13(19-2)12(10-11)6-8-14(16)17/h4,6-8,10H,3H2,1-2H3,(H,16,17)/b8-6+. The van der Waals surface area contributed by atoms with Gasteiger partial charge in [-0.25, -0.2) is 9.59 Å². The Morgan fingerprint density at radius 1 is 1.40 bits per heavy atom. The zero-order valence-corrected chi connectivity index (χ0v) is 11.2. The number of methoxy groups -OCH3 is 1. The summed E-state index contributed by atoms with van der Waals surface area (Å²) >= 11 is 0. The van der Waals surface area contributed by atoms with Gasteiger partial charge in [0.2, 0.25) is 0 Å². The van der Waals surface area contributed by atoms with Gasteiger partial charge in [-0.1, -0.05) is 5.92 Å². The Kier molecular flexibility index (Phi) is 5.85. The molecule has 0 fully saturated rings. The molecule has 0 saturated heterocycles. The van der Waals surface area contributed by atoms with Crippen LogP contribution >= 0.6 is 0 Å². The number of esters is 1. The average molecular weight is 274 g/mol. The van der Waals surface area contributed by atoms with Crippen molar-refractivity contribution >= 4 is 18.0 Å².